The molecule has 0 aromatic heterocycles. The molecule has 0 aliphatic carbocycles. The summed E-state index contributed by atoms with van der Waals surface area (Å²) in [5.41, 5.74) is 2.39. The number of hydrogen-bond acceptors (Lipinski definition) is 4. The van der Waals surface area contributed by atoms with Crippen LogP contribution < -0.4 is 5.32 Å². The summed E-state index contributed by atoms with van der Waals surface area (Å²) in [5, 5.41) is 3.27. The Bertz CT molecular complexity index is 690. The van der Waals surface area contributed by atoms with Gasteiger partial charge in [-0.05, 0) is 36.5 Å². The third kappa shape index (κ3) is 5.46. The lowest BCUT2D eigenvalue weighted by Crippen LogP contribution is -2.41. The Labute approximate surface area is 151 Å². The first-order valence-electron chi connectivity index (χ1n) is 8.96. The number of benzene rings is 1. The van der Waals surface area contributed by atoms with Gasteiger partial charge in [0.05, 0.1) is 11.5 Å². The molecule has 5 nitrogen and oxygen atoms in total. The van der Waals surface area contributed by atoms with E-state index in [2.05, 4.69) is 38.2 Å². The van der Waals surface area contributed by atoms with Crippen LogP contribution >= 0.6 is 0 Å². The molecule has 1 aliphatic rings. The fraction of sp³-hybridized carbons (Fsp3) is 0.632. The van der Waals surface area contributed by atoms with E-state index in [1.165, 1.54) is 5.56 Å². The molecule has 1 fully saturated rings. The van der Waals surface area contributed by atoms with Crippen molar-refractivity contribution in [3.05, 3.63) is 29.8 Å². The van der Waals surface area contributed by atoms with Crippen LogP contribution in [0.25, 0.3) is 0 Å². The molecule has 1 aliphatic heterocycles. The number of sulfone groups is 1. The third-order valence-electron chi connectivity index (χ3n) is 4.73. The molecular formula is C19H30N2O3S. The topological polar surface area (TPSA) is 66.5 Å². The van der Waals surface area contributed by atoms with Crippen molar-refractivity contribution < 1.29 is 13.2 Å². The van der Waals surface area contributed by atoms with Gasteiger partial charge in [-0.25, -0.2) is 8.42 Å². The standard InChI is InChI=1S/C19H30N2O3S/c1-5-21(17-11-13-25(23,24)14-17)18(22)10-12-20-16-8-6-15(7-9-16)19(2,3)4/h6-9,17,20H,5,10-14H2,1-4H3. The molecule has 1 amide bonds. The van der Waals surface area contributed by atoms with E-state index in [9.17, 15) is 13.2 Å². The molecule has 1 unspecified atom stereocenters. The first kappa shape index (κ1) is 19.8. The van der Waals surface area contributed by atoms with Gasteiger partial charge in [-0.1, -0.05) is 32.9 Å². The van der Waals surface area contributed by atoms with Gasteiger partial charge in [0, 0.05) is 31.2 Å². The second kappa shape index (κ2) is 7.77. The monoisotopic (exact) mass is 366 g/mol. The van der Waals surface area contributed by atoms with Crippen molar-refractivity contribution in [2.75, 3.05) is 29.9 Å². The average Bonchev–Trinajstić information content (AvgIpc) is 2.87. The first-order valence-corrected chi connectivity index (χ1v) is 10.8. The van der Waals surface area contributed by atoms with Crippen LogP contribution in [0.15, 0.2) is 24.3 Å². The lowest BCUT2D eigenvalue weighted by molar-refractivity contribution is -0.132. The molecule has 0 spiro atoms. The summed E-state index contributed by atoms with van der Waals surface area (Å²) in [6, 6.07) is 8.12. The number of nitrogens with one attached hydrogen (secondary N) is 1. The predicted molar refractivity (Wildman–Crippen MR) is 103 cm³/mol. The van der Waals surface area contributed by atoms with Gasteiger partial charge in [0.25, 0.3) is 0 Å². The van der Waals surface area contributed by atoms with E-state index >= 15 is 0 Å². The van der Waals surface area contributed by atoms with Gasteiger partial charge in [0.15, 0.2) is 9.84 Å². The third-order valence-corrected chi connectivity index (χ3v) is 6.48. The van der Waals surface area contributed by atoms with Crippen LogP contribution in [0.4, 0.5) is 5.69 Å². The normalized spacial score (nSPS) is 19.6. The highest BCUT2D eigenvalue weighted by Gasteiger charge is 2.33. The zero-order valence-corrected chi connectivity index (χ0v) is 16.5. The fourth-order valence-corrected chi connectivity index (χ4v) is 4.94. The van der Waals surface area contributed by atoms with Gasteiger partial charge in [-0.15, -0.1) is 0 Å². The average molecular weight is 367 g/mol. The molecule has 0 radical (unpaired) electrons. The van der Waals surface area contributed by atoms with Gasteiger partial charge >= 0.3 is 0 Å². The molecule has 25 heavy (non-hydrogen) atoms. The van der Waals surface area contributed by atoms with Crippen molar-refractivity contribution in [2.24, 2.45) is 0 Å². The smallest absolute Gasteiger partial charge is 0.224 e. The molecule has 1 heterocycles. The minimum absolute atomic E-state index is 0.0170. The Morgan fingerprint density at radius 3 is 2.36 bits per heavy atom. The van der Waals surface area contributed by atoms with Crippen molar-refractivity contribution in [3.63, 3.8) is 0 Å². The van der Waals surface area contributed by atoms with Crippen LogP contribution in [0.5, 0.6) is 0 Å². The van der Waals surface area contributed by atoms with Crippen LogP contribution in [0, 0.1) is 0 Å². The van der Waals surface area contributed by atoms with E-state index in [1.54, 1.807) is 4.90 Å². The first-order chi connectivity index (χ1) is 11.6. The summed E-state index contributed by atoms with van der Waals surface area (Å²) < 4.78 is 23.3. The van der Waals surface area contributed by atoms with Crippen molar-refractivity contribution in [3.8, 4) is 0 Å². The Hall–Kier alpha value is -1.56. The fourth-order valence-electron chi connectivity index (χ4n) is 3.20. The largest absolute Gasteiger partial charge is 0.385 e. The molecule has 0 bridgehead atoms. The maximum absolute atomic E-state index is 12.4. The summed E-state index contributed by atoms with van der Waals surface area (Å²) >= 11 is 0. The molecule has 2 rings (SSSR count). The van der Waals surface area contributed by atoms with Crippen molar-refractivity contribution in [1.82, 2.24) is 4.90 Å². The molecule has 0 saturated carbocycles. The molecule has 1 N–H and O–H groups in total. The number of carbonyl (C=O) groups is 1. The van der Waals surface area contributed by atoms with Crippen molar-refractivity contribution in [1.29, 1.82) is 0 Å². The SMILES string of the molecule is CCN(C(=O)CCNc1ccc(C(C)(C)C)cc1)C1CCS(=O)(=O)C1. The quantitative estimate of drug-likeness (QED) is 0.841. The van der Waals surface area contributed by atoms with E-state index in [0.29, 0.717) is 25.9 Å². The zero-order valence-electron chi connectivity index (χ0n) is 15.7. The Morgan fingerprint density at radius 1 is 1.24 bits per heavy atom. The summed E-state index contributed by atoms with van der Waals surface area (Å²) in [5.74, 6) is 0.317. The van der Waals surface area contributed by atoms with Gasteiger partial charge in [0.2, 0.25) is 5.91 Å². The highest BCUT2D eigenvalue weighted by Crippen LogP contribution is 2.23. The maximum Gasteiger partial charge on any atom is 0.224 e. The number of nitrogens with zero attached hydrogens (tertiary/aromatic N) is 1. The number of hydrogen-bond donors (Lipinski definition) is 1. The predicted octanol–water partition coefficient (Wildman–Crippen LogP) is 2.82. The van der Waals surface area contributed by atoms with Crippen molar-refractivity contribution >= 4 is 21.4 Å². The minimum atomic E-state index is -2.97. The summed E-state index contributed by atoms with van der Waals surface area (Å²) in [6.45, 7) is 9.54. The van der Waals surface area contributed by atoms with Crippen LogP contribution in [0.3, 0.4) is 0 Å². The van der Waals surface area contributed by atoms with Crippen LogP contribution in [-0.4, -0.2) is 49.9 Å². The second-order valence-electron chi connectivity index (χ2n) is 7.74. The highest BCUT2D eigenvalue weighted by atomic mass is 32.2. The van der Waals surface area contributed by atoms with Crippen LogP contribution in [0.2, 0.25) is 0 Å². The van der Waals surface area contributed by atoms with E-state index in [4.69, 9.17) is 0 Å². The molecular weight excluding hydrogens is 336 g/mol. The maximum atomic E-state index is 12.4. The molecule has 1 aromatic carbocycles. The zero-order chi connectivity index (χ0) is 18.7. The van der Waals surface area contributed by atoms with E-state index < -0.39 is 9.84 Å². The molecule has 1 saturated heterocycles. The van der Waals surface area contributed by atoms with Crippen LogP contribution in [0.1, 0.15) is 46.1 Å². The Morgan fingerprint density at radius 2 is 1.88 bits per heavy atom. The molecule has 1 aromatic rings. The molecule has 140 valence electrons. The number of carbonyl (C=O) groups excluding carboxylic acids is 1. The number of rotatable bonds is 6. The number of amides is 1. The minimum Gasteiger partial charge on any atom is -0.385 e. The Balaban J connectivity index is 1.85. The highest BCUT2D eigenvalue weighted by molar-refractivity contribution is 7.91. The summed E-state index contributed by atoms with van der Waals surface area (Å²) in [7, 11) is -2.97. The number of anilines is 1. The van der Waals surface area contributed by atoms with Gasteiger partial charge in [-0.2, -0.15) is 0 Å². The summed E-state index contributed by atoms with van der Waals surface area (Å²) in [6.07, 6.45) is 0.926. The van der Waals surface area contributed by atoms with Crippen LogP contribution in [-0.2, 0) is 20.0 Å². The van der Waals surface area contributed by atoms with Gasteiger partial charge in [0.1, 0.15) is 0 Å². The van der Waals surface area contributed by atoms with E-state index in [1.807, 2.05) is 19.1 Å². The molecule has 1 atom stereocenters. The van der Waals surface area contributed by atoms with E-state index in [-0.39, 0.29) is 28.9 Å². The van der Waals surface area contributed by atoms with E-state index in [0.717, 1.165) is 5.69 Å². The van der Waals surface area contributed by atoms with Gasteiger partial charge in [-0.3, -0.25) is 4.79 Å². The lowest BCUT2D eigenvalue weighted by atomic mass is 9.87. The summed E-state index contributed by atoms with van der Waals surface area (Å²) in [4.78, 5) is 14.2. The second-order valence-corrected chi connectivity index (χ2v) is 9.97. The Kier molecular flexibility index (Phi) is 6.14. The lowest BCUT2D eigenvalue weighted by Gasteiger charge is -2.27. The van der Waals surface area contributed by atoms with Gasteiger partial charge < -0.3 is 10.2 Å². The molecule has 6 heteroatoms. The van der Waals surface area contributed by atoms with Crippen molar-refractivity contribution in [2.45, 2.75) is 52.0 Å².